The van der Waals surface area contributed by atoms with Crippen molar-refractivity contribution in [2.75, 3.05) is 19.7 Å². The Labute approximate surface area is 195 Å². The van der Waals surface area contributed by atoms with E-state index in [1.807, 2.05) is 0 Å². The third-order valence-electron chi connectivity index (χ3n) is 6.34. The SMILES string of the molecule is Cc1cc([C@H]2CN(C(=O)OC(C)(C)C)CCO2)n2nc(C3CCC(C(F)(F)F)CC3)c(F)c2n1. The summed E-state index contributed by atoms with van der Waals surface area (Å²) in [7, 11) is 0. The van der Waals surface area contributed by atoms with E-state index in [9.17, 15) is 18.0 Å². The van der Waals surface area contributed by atoms with Crippen LogP contribution in [-0.4, -0.2) is 57.1 Å². The van der Waals surface area contributed by atoms with Crippen LogP contribution in [0.3, 0.4) is 0 Å². The van der Waals surface area contributed by atoms with Crippen molar-refractivity contribution in [1.82, 2.24) is 19.5 Å². The van der Waals surface area contributed by atoms with E-state index < -0.39 is 41.6 Å². The number of morpholine rings is 1. The van der Waals surface area contributed by atoms with Gasteiger partial charge in [-0.3, -0.25) is 0 Å². The molecule has 4 rings (SSSR count). The molecule has 2 aliphatic rings. The maximum absolute atomic E-state index is 15.4. The number of ether oxygens (including phenoxy) is 2. The Morgan fingerprint density at radius 3 is 2.47 bits per heavy atom. The Balaban J connectivity index is 1.60. The number of halogens is 4. The molecular formula is C23H30F4N4O3. The molecule has 3 heterocycles. The first-order chi connectivity index (χ1) is 15.8. The van der Waals surface area contributed by atoms with E-state index in [1.54, 1.807) is 38.7 Å². The fourth-order valence-electron chi connectivity index (χ4n) is 4.66. The summed E-state index contributed by atoms with van der Waals surface area (Å²) < 4.78 is 67.2. The lowest BCUT2D eigenvalue weighted by Gasteiger charge is -2.34. The van der Waals surface area contributed by atoms with Gasteiger partial charge < -0.3 is 14.4 Å². The Hall–Kier alpha value is -2.43. The van der Waals surface area contributed by atoms with Crippen molar-refractivity contribution in [2.45, 2.75) is 77.2 Å². The number of amides is 1. The highest BCUT2D eigenvalue weighted by Gasteiger charge is 2.42. The molecule has 1 saturated carbocycles. The highest BCUT2D eigenvalue weighted by Crippen LogP contribution is 2.43. The lowest BCUT2D eigenvalue weighted by molar-refractivity contribution is -0.182. The number of fused-ring (bicyclic) bond motifs is 1. The van der Waals surface area contributed by atoms with Gasteiger partial charge >= 0.3 is 12.3 Å². The van der Waals surface area contributed by atoms with E-state index in [0.717, 1.165) is 0 Å². The van der Waals surface area contributed by atoms with Crippen LogP contribution in [0.25, 0.3) is 5.65 Å². The van der Waals surface area contributed by atoms with Crippen LogP contribution in [0.2, 0.25) is 0 Å². The summed E-state index contributed by atoms with van der Waals surface area (Å²) in [5, 5.41) is 4.45. The third-order valence-corrected chi connectivity index (χ3v) is 6.34. The van der Waals surface area contributed by atoms with Gasteiger partial charge in [-0.15, -0.1) is 0 Å². The first-order valence-electron chi connectivity index (χ1n) is 11.6. The van der Waals surface area contributed by atoms with Gasteiger partial charge in [-0.1, -0.05) is 0 Å². The van der Waals surface area contributed by atoms with Crippen molar-refractivity contribution < 1.29 is 31.8 Å². The van der Waals surface area contributed by atoms with Crippen LogP contribution in [0.4, 0.5) is 22.4 Å². The largest absolute Gasteiger partial charge is 0.444 e. The van der Waals surface area contributed by atoms with Gasteiger partial charge in [-0.05, 0) is 59.4 Å². The van der Waals surface area contributed by atoms with Gasteiger partial charge in [0.25, 0.3) is 0 Å². The summed E-state index contributed by atoms with van der Waals surface area (Å²) in [4.78, 5) is 18.4. The minimum absolute atomic E-state index is 0.0148. The van der Waals surface area contributed by atoms with E-state index >= 15 is 4.39 Å². The number of hydrogen-bond donors (Lipinski definition) is 0. The number of aryl methyl sites for hydroxylation is 1. The molecule has 0 N–H and O–H groups in total. The van der Waals surface area contributed by atoms with Gasteiger partial charge in [-0.2, -0.15) is 18.3 Å². The molecule has 1 amide bonds. The fourth-order valence-corrected chi connectivity index (χ4v) is 4.66. The molecule has 0 radical (unpaired) electrons. The molecular weight excluding hydrogens is 456 g/mol. The highest BCUT2D eigenvalue weighted by atomic mass is 19.4. The van der Waals surface area contributed by atoms with Crippen LogP contribution in [0, 0.1) is 18.7 Å². The van der Waals surface area contributed by atoms with E-state index in [1.165, 1.54) is 4.52 Å². The molecule has 1 saturated heterocycles. The number of rotatable bonds is 2. The summed E-state index contributed by atoms with van der Waals surface area (Å²) in [6.45, 7) is 7.91. The van der Waals surface area contributed by atoms with Crippen LogP contribution < -0.4 is 0 Å². The molecule has 0 bridgehead atoms. The van der Waals surface area contributed by atoms with Crippen molar-refractivity contribution >= 4 is 11.7 Å². The molecule has 1 aliphatic heterocycles. The molecule has 1 atom stereocenters. The zero-order valence-corrected chi connectivity index (χ0v) is 19.8. The minimum atomic E-state index is -4.23. The number of aromatic nitrogens is 3. The molecule has 2 aromatic heterocycles. The zero-order valence-electron chi connectivity index (χ0n) is 19.8. The minimum Gasteiger partial charge on any atom is -0.444 e. The molecule has 34 heavy (non-hydrogen) atoms. The monoisotopic (exact) mass is 486 g/mol. The quantitative estimate of drug-likeness (QED) is 0.538. The van der Waals surface area contributed by atoms with Crippen molar-refractivity contribution in [2.24, 2.45) is 5.92 Å². The van der Waals surface area contributed by atoms with Gasteiger partial charge in [0.2, 0.25) is 0 Å². The van der Waals surface area contributed by atoms with E-state index in [2.05, 4.69) is 10.1 Å². The van der Waals surface area contributed by atoms with Crippen LogP contribution in [0.15, 0.2) is 6.07 Å². The van der Waals surface area contributed by atoms with Gasteiger partial charge in [-0.25, -0.2) is 18.7 Å². The van der Waals surface area contributed by atoms with E-state index in [4.69, 9.17) is 9.47 Å². The molecule has 188 valence electrons. The maximum atomic E-state index is 15.4. The molecule has 0 unspecified atom stereocenters. The molecule has 1 aliphatic carbocycles. The molecule has 2 fully saturated rings. The lowest BCUT2D eigenvalue weighted by Crippen LogP contribution is -2.45. The van der Waals surface area contributed by atoms with Gasteiger partial charge in [0.15, 0.2) is 11.5 Å². The fraction of sp³-hybridized carbons (Fsp3) is 0.696. The summed E-state index contributed by atoms with van der Waals surface area (Å²) in [6, 6.07) is 1.73. The van der Waals surface area contributed by atoms with Crippen LogP contribution in [-0.2, 0) is 9.47 Å². The van der Waals surface area contributed by atoms with Gasteiger partial charge in [0.1, 0.15) is 17.4 Å². The Bertz CT molecular complexity index is 1060. The standard InChI is InChI=1S/C23H30F4N4O3/c1-13-11-16(17-12-30(9-10-33-17)21(32)34-22(2,3)4)31-20(28-13)18(24)19(29-31)14-5-7-15(8-6-14)23(25,26)27/h11,14-15,17H,5-10,12H2,1-4H3/t14?,15?,17-/m1/s1. The van der Waals surface area contributed by atoms with Crippen LogP contribution in [0.1, 0.15) is 75.6 Å². The smallest absolute Gasteiger partial charge is 0.410 e. The van der Waals surface area contributed by atoms with Crippen molar-refractivity contribution in [3.05, 3.63) is 29.0 Å². The average molecular weight is 487 g/mol. The average Bonchev–Trinajstić information content (AvgIpc) is 3.08. The normalized spacial score (nSPS) is 24.5. The number of carbonyl (C=O) groups excluding carboxylic acids is 1. The molecule has 11 heteroatoms. The molecule has 0 spiro atoms. The zero-order chi connectivity index (χ0) is 24.8. The summed E-state index contributed by atoms with van der Waals surface area (Å²) in [5.41, 5.74) is 0.591. The predicted octanol–water partition coefficient (Wildman–Crippen LogP) is 5.32. The number of nitrogens with zero attached hydrogens (tertiary/aromatic N) is 4. The lowest BCUT2D eigenvalue weighted by atomic mass is 9.80. The Morgan fingerprint density at radius 1 is 1.18 bits per heavy atom. The van der Waals surface area contributed by atoms with E-state index in [-0.39, 0.29) is 50.2 Å². The highest BCUT2D eigenvalue weighted by molar-refractivity contribution is 5.68. The van der Waals surface area contributed by atoms with Gasteiger partial charge in [0, 0.05) is 18.2 Å². The third kappa shape index (κ3) is 5.13. The van der Waals surface area contributed by atoms with Crippen molar-refractivity contribution in [3.8, 4) is 0 Å². The van der Waals surface area contributed by atoms with Crippen LogP contribution in [0.5, 0.6) is 0 Å². The second-order valence-electron chi connectivity index (χ2n) is 10.1. The van der Waals surface area contributed by atoms with E-state index in [0.29, 0.717) is 17.9 Å². The van der Waals surface area contributed by atoms with Crippen molar-refractivity contribution in [3.63, 3.8) is 0 Å². The first-order valence-corrected chi connectivity index (χ1v) is 11.6. The van der Waals surface area contributed by atoms with Crippen LogP contribution >= 0.6 is 0 Å². The predicted molar refractivity (Wildman–Crippen MR) is 115 cm³/mol. The van der Waals surface area contributed by atoms with Crippen molar-refractivity contribution in [1.29, 1.82) is 0 Å². The topological polar surface area (TPSA) is 69.0 Å². The maximum Gasteiger partial charge on any atom is 0.410 e. The number of carbonyl (C=O) groups is 1. The molecule has 2 aromatic rings. The Kier molecular flexibility index (Phi) is 6.52. The summed E-state index contributed by atoms with van der Waals surface area (Å²) in [5.74, 6) is -2.37. The number of alkyl halides is 3. The number of hydrogen-bond acceptors (Lipinski definition) is 5. The second kappa shape index (κ2) is 8.98. The first kappa shape index (κ1) is 24.7. The Morgan fingerprint density at radius 2 is 1.85 bits per heavy atom. The molecule has 7 nitrogen and oxygen atoms in total. The second-order valence-corrected chi connectivity index (χ2v) is 10.1. The molecule has 0 aromatic carbocycles. The summed E-state index contributed by atoms with van der Waals surface area (Å²) >= 11 is 0. The van der Waals surface area contributed by atoms with Gasteiger partial charge in [0.05, 0.1) is 24.8 Å². The summed E-state index contributed by atoms with van der Waals surface area (Å²) in [6.07, 6.45) is -4.94.